The van der Waals surface area contributed by atoms with Gasteiger partial charge in [0.25, 0.3) is 0 Å². The molecule has 0 spiro atoms. The maximum Gasteiger partial charge on any atom is 0.230 e. The van der Waals surface area contributed by atoms with E-state index in [0.29, 0.717) is 10.9 Å². The van der Waals surface area contributed by atoms with Crippen LogP contribution in [0.15, 0.2) is 47.1 Å². The van der Waals surface area contributed by atoms with Gasteiger partial charge in [-0.15, -0.1) is 21.5 Å². The quantitative estimate of drug-likeness (QED) is 0.419. The van der Waals surface area contributed by atoms with Gasteiger partial charge in [0.2, 0.25) is 5.91 Å². The smallest absolute Gasteiger partial charge is 0.230 e. The first-order valence-corrected chi connectivity index (χ1v) is 11.1. The van der Waals surface area contributed by atoms with Gasteiger partial charge in [-0.25, -0.2) is 4.98 Å². The van der Waals surface area contributed by atoms with E-state index in [4.69, 9.17) is 4.98 Å². The summed E-state index contributed by atoms with van der Waals surface area (Å²) in [6, 6.07) is 10.0. The van der Waals surface area contributed by atoms with E-state index in [1.807, 2.05) is 48.0 Å². The van der Waals surface area contributed by atoms with Crippen molar-refractivity contribution in [2.75, 3.05) is 4.90 Å². The van der Waals surface area contributed by atoms with Crippen LogP contribution in [-0.2, 0) is 10.5 Å². The van der Waals surface area contributed by atoms with E-state index in [0.717, 1.165) is 33.3 Å². The average Bonchev–Trinajstić information content (AvgIpc) is 3.29. The molecule has 0 saturated carbocycles. The van der Waals surface area contributed by atoms with E-state index in [-0.39, 0.29) is 5.91 Å². The van der Waals surface area contributed by atoms with Crippen LogP contribution in [0.4, 0.5) is 10.8 Å². The van der Waals surface area contributed by atoms with Gasteiger partial charge in [-0.2, -0.15) is 0 Å². The fourth-order valence-corrected chi connectivity index (χ4v) is 5.23. The van der Waals surface area contributed by atoms with Crippen LogP contribution in [-0.4, -0.2) is 25.5 Å². The summed E-state index contributed by atoms with van der Waals surface area (Å²) < 4.78 is 1.96. The lowest BCUT2D eigenvalue weighted by atomic mass is 10.0. The third-order valence-electron chi connectivity index (χ3n) is 4.54. The Balaban J connectivity index is 1.59. The van der Waals surface area contributed by atoms with Crippen molar-refractivity contribution in [3.05, 3.63) is 64.3 Å². The van der Waals surface area contributed by atoms with Gasteiger partial charge in [-0.05, 0) is 44.0 Å². The topological polar surface area (TPSA) is 63.4 Å². The van der Waals surface area contributed by atoms with Crippen molar-refractivity contribution in [1.82, 2.24) is 19.6 Å². The second-order valence-corrected chi connectivity index (χ2v) is 8.70. The minimum atomic E-state index is -0.0444. The Morgan fingerprint density at radius 3 is 2.66 bits per heavy atom. The van der Waals surface area contributed by atoms with Crippen molar-refractivity contribution in [2.24, 2.45) is 0 Å². The molecule has 1 amide bonds. The van der Waals surface area contributed by atoms with Gasteiger partial charge in [0, 0.05) is 24.3 Å². The Morgan fingerprint density at radius 1 is 1.17 bits per heavy atom. The molecule has 0 bridgehead atoms. The maximum atomic E-state index is 12.5. The molecule has 3 aromatic heterocycles. The monoisotopic (exact) mass is 423 g/mol. The number of pyridine rings is 1. The third-order valence-corrected chi connectivity index (χ3v) is 6.39. The van der Waals surface area contributed by atoms with Crippen molar-refractivity contribution in [2.45, 2.75) is 38.6 Å². The van der Waals surface area contributed by atoms with Crippen LogP contribution in [0.1, 0.15) is 29.3 Å². The summed E-state index contributed by atoms with van der Waals surface area (Å²) in [7, 11) is 0. The van der Waals surface area contributed by atoms with Crippen LogP contribution in [0.3, 0.4) is 0 Å². The maximum absolute atomic E-state index is 12.5. The molecule has 0 aliphatic heterocycles. The number of fused-ring (bicyclic) bond motifs is 1. The molecule has 0 atom stereocenters. The average molecular weight is 424 g/mol. The van der Waals surface area contributed by atoms with Gasteiger partial charge in [0.1, 0.15) is 0 Å². The molecule has 1 aromatic carbocycles. The van der Waals surface area contributed by atoms with E-state index in [2.05, 4.69) is 29.3 Å². The number of thiazole rings is 1. The predicted molar refractivity (Wildman–Crippen MR) is 118 cm³/mol. The van der Waals surface area contributed by atoms with Gasteiger partial charge in [-0.3, -0.25) is 14.1 Å². The predicted octanol–water partition coefficient (Wildman–Crippen LogP) is 5.09. The number of benzene rings is 1. The highest BCUT2D eigenvalue weighted by molar-refractivity contribution is 7.98. The molecular formula is C21H21N5OS2. The van der Waals surface area contributed by atoms with Gasteiger partial charge >= 0.3 is 0 Å². The van der Waals surface area contributed by atoms with Crippen LogP contribution in [0, 0.1) is 20.8 Å². The minimum Gasteiger partial charge on any atom is -0.277 e. The first kappa shape index (κ1) is 19.6. The molecule has 0 radical (unpaired) electrons. The lowest BCUT2D eigenvalue weighted by Crippen LogP contribution is -2.24. The van der Waals surface area contributed by atoms with E-state index in [1.165, 1.54) is 16.9 Å². The van der Waals surface area contributed by atoms with E-state index in [1.54, 1.807) is 23.6 Å². The third kappa shape index (κ3) is 3.90. The number of aromatic nitrogens is 4. The standard InChI is InChI=1S/C21H21N5OS2/c1-13-9-14(2)19(15(3)10-13)26(16(4)27)20-22-17(11-28-20)12-29-21-24-23-18-7-5-6-8-25(18)21/h5-11H,12H2,1-4H3. The molecular weight excluding hydrogens is 402 g/mol. The zero-order valence-corrected chi connectivity index (χ0v) is 18.3. The second-order valence-electron chi connectivity index (χ2n) is 6.92. The Kier molecular flexibility index (Phi) is 5.38. The molecule has 3 heterocycles. The number of thioether (sulfide) groups is 1. The molecule has 8 heteroatoms. The zero-order chi connectivity index (χ0) is 20.5. The molecule has 4 rings (SSSR count). The molecule has 0 saturated heterocycles. The SMILES string of the molecule is CC(=O)N(c1nc(CSc2nnc3ccccn23)cs1)c1c(C)cc(C)cc1C. The Hall–Kier alpha value is -2.71. The van der Waals surface area contributed by atoms with Crippen LogP contribution in [0.2, 0.25) is 0 Å². The first-order chi connectivity index (χ1) is 13.9. The lowest BCUT2D eigenvalue weighted by Gasteiger charge is -2.23. The Labute approximate surface area is 177 Å². The molecule has 0 unspecified atom stereocenters. The number of anilines is 2. The zero-order valence-electron chi connectivity index (χ0n) is 16.7. The normalized spacial score (nSPS) is 11.2. The number of carbonyl (C=O) groups is 1. The van der Waals surface area contributed by atoms with Crippen molar-refractivity contribution in [1.29, 1.82) is 0 Å². The van der Waals surface area contributed by atoms with Crippen LogP contribution in [0.5, 0.6) is 0 Å². The second kappa shape index (κ2) is 7.96. The highest BCUT2D eigenvalue weighted by Crippen LogP contribution is 2.35. The number of hydrogen-bond acceptors (Lipinski definition) is 6. The molecule has 0 fully saturated rings. The largest absolute Gasteiger partial charge is 0.277 e. The van der Waals surface area contributed by atoms with Crippen molar-refractivity contribution < 1.29 is 4.79 Å². The minimum absolute atomic E-state index is 0.0444. The summed E-state index contributed by atoms with van der Waals surface area (Å²) >= 11 is 3.06. The molecule has 29 heavy (non-hydrogen) atoms. The first-order valence-electron chi connectivity index (χ1n) is 9.19. The van der Waals surface area contributed by atoms with Crippen LogP contribution >= 0.6 is 23.1 Å². The van der Waals surface area contributed by atoms with E-state index < -0.39 is 0 Å². The summed E-state index contributed by atoms with van der Waals surface area (Å²) in [4.78, 5) is 19.0. The van der Waals surface area contributed by atoms with Crippen LogP contribution < -0.4 is 4.90 Å². The number of amides is 1. The summed E-state index contributed by atoms with van der Waals surface area (Å²) in [6.45, 7) is 7.71. The highest BCUT2D eigenvalue weighted by atomic mass is 32.2. The molecule has 0 aliphatic rings. The summed E-state index contributed by atoms with van der Waals surface area (Å²) in [5, 5.41) is 11.9. The molecule has 6 nitrogen and oxygen atoms in total. The van der Waals surface area contributed by atoms with Gasteiger partial charge in [0.05, 0.1) is 11.4 Å². The number of carbonyl (C=O) groups excluding carboxylic acids is 1. The summed E-state index contributed by atoms with van der Waals surface area (Å²) in [5.41, 5.74) is 5.97. The van der Waals surface area contributed by atoms with Gasteiger partial charge < -0.3 is 0 Å². The number of aryl methyl sites for hydroxylation is 3. The van der Waals surface area contributed by atoms with Crippen molar-refractivity contribution >= 4 is 45.5 Å². The van der Waals surface area contributed by atoms with Crippen molar-refractivity contribution in [3.8, 4) is 0 Å². The van der Waals surface area contributed by atoms with Gasteiger partial charge in [-0.1, -0.05) is 35.5 Å². The van der Waals surface area contributed by atoms with Crippen LogP contribution in [0.25, 0.3) is 5.65 Å². The summed E-state index contributed by atoms with van der Waals surface area (Å²) in [6.07, 6.45) is 1.95. The number of rotatable bonds is 5. The van der Waals surface area contributed by atoms with Gasteiger partial charge in [0.15, 0.2) is 15.9 Å². The van der Waals surface area contributed by atoms with Crippen molar-refractivity contribution in [3.63, 3.8) is 0 Å². The fourth-order valence-electron chi connectivity index (χ4n) is 3.43. The summed E-state index contributed by atoms with van der Waals surface area (Å²) in [5.74, 6) is 0.612. The number of nitrogens with zero attached hydrogens (tertiary/aromatic N) is 5. The fraction of sp³-hybridized carbons (Fsp3) is 0.238. The highest BCUT2D eigenvalue weighted by Gasteiger charge is 2.22. The Bertz CT molecular complexity index is 1170. The Morgan fingerprint density at radius 2 is 1.93 bits per heavy atom. The molecule has 0 N–H and O–H groups in total. The molecule has 4 aromatic rings. The van der Waals surface area contributed by atoms with E-state index >= 15 is 0 Å². The molecule has 0 aliphatic carbocycles. The van der Waals surface area contributed by atoms with E-state index in [9.17, 15) is 4.79 Å². The number of hydrogen-bond donors (Lipinski definition) is 0. The lowest BCUT2D eigenvalue weighted by molar-refractivity contribution is -0.115. The molecule has 148 valence electrons.